The normalized spacial score (nSPS) is 13.9. The Morgan fingerprint density at radius 1 is 0.897 bits per heavy atom. The summed E-state index contributed by atoms with van der Waals surface area (Å²) in [6, 6.07) is 0.854. The smallest absolute Gasteiger partial charge is 0.303 e. The van der Waals surface area contributed by atoms with Gasteiger partial charge in [-0.25, -0.2) is 0 Å². The molecule has 1 rings (SSSR count). The van der Waals surface area contributed by atoms with Gasteiger partial charge in [-0.15, -0.1) is 0 Å². The van der Waals surface area contributed by atoms with Crippen molar-refractivity contribution in [1.29, 1.82) is 0 Å². The minimum atomic E-state index is -1.30. The summed E-state index contributed by atoms with van der Waals surface area (Å²) in [7, 11) is 0. The number of nitrogens with one attached hydrogen (secondary N) is 4. The van der Waals surface area contributed by atoms with E-state index in [9.17, 15) is 39.0 Å². The van der Waals surface area contributed by atoms with E-state index < -0.39 is 73.3 Å². The van der Waals surface area contributed by atoms with Crippen LogP contribution in [-0.2, 0) is 35.2 Å². The summed E-state index contributed by atoms with van der Waals surface area (Å²) < 4.78 is 0. The van der Waals surface area contributed by atoms with Crippen molar-refractivity contribution in [1.82, 2.24) is 21.3 Å². The fraction of sp³-hybridized carbons (Fsp3) is 0.520. The molecule has 0 bridgehead atoms. The number of aromatic hydroxyl groups is 1. The number of rotatable bonds is 17. The lowest BCUT2D eigenvalue weighted by atomic mass is 10.00. The Hall–Kier alpha value is -4.04. The summed E-state index contributed by atoms with van der Waals surface area (Å²) in [5.74, 6) is -4.46. The molecule has 4 atom stereocenters. The molecule has 9 N–H and O–H groups in total. The fourth-order valence-electron chi connectivity index (χ4n) is 3.47. The van der Waals surface area contributed by atoms with E-state index in [1.165, 1.54) is 30.6 Å². The Kier molecular flexibility index (Phi) is 14.2. The van der Waals surface area contributed by atoms with Gasteiger partial charge in [0.1, 0.15) is 29.9 Å². The van der Waals surface area contributed by atoms with Gasteiger partial charge in [-0.3, -0.25) is 28.8 Å². The third-order valence-electron chi connectivity index (χ3n) is 5.50. The van der Waals surface area contributed by atoms with Crippen LogP contribution >= 0.6 is 0 Å². The lowest BCUT2D eigenvalue weighted by Gasteiger charge is -2.26. The monoisotopic (exact) mass is 550 g/mol. The zero-order valence-corrected chi connectivity index (χ0v) is 21.8. The van der Waals surface area contributed by atoms with E-state index in [1.807, 2.05) is 0 Å². The molecule has 0 aliphatic heterocycles. The maximum atomic E-state index is 13.3. The zero-order valence-electron chi connectivity index (χ0n) is 21.8. The Morgan fingerprint density at radius 2 is 1.46 bits per heavy atom. The maximum absolute atomic E-state index is 13.3. The summed E-state index contributed by atoms with van der Waals surface area (Å²) in [4.78, 5) is 72.7. The number of phenolic OH excluding ortho intramolecular Hbond substituents is 1. The molecule has 0 aliphatic carbocycles. The van der Waals surface area contributed by atoms with Crippen molar-refractivity contribution in [2.24, 2.45) is 11.7 Å². The first-order chi connectivity index (χ1) is 18.4. The van der Waals surface area contributed by atoms with Gasteiger partial charge in [0.15, 0.2) is 0 Å². The molecule has 1 radical (unpaired) electrons. The molecule has 0 fully saturated rings. The topological polar surface area (TPSA) is 237 Å². The molecule has 14 nitrogen and oxygen atoms in total. The lowest BCUT2D eigenvalue weighted by Crippen LogP contribution is -2.58. The van der Waals surface area contributed by atoms with Crippen molar-refractivity contribution in [2.75, 3.05) is 13.2 Å². The van der Waals surface area contributed by atoms with Gasteiger partial charge in [0.25, 0.3) is 0 Å². The standard InChI is InChI=1S/C25H36N5O9/c1-14(2)11-19(24(38)28-18(7-8-21(34)35)23(37)27-9-10-31)30-25(39)20(29-22(36)17(26)13-32)12-15-3-5-16(33)6-4-15/h3-6,14,17-20,32-33H,7-9,11-13,26H2,1-2H3,(H,27,37)(H,28,38)(H,29,36)(H,30,39)(H,34,35)/t17-,18-,19-,20-/m0/s1. The molecule has 0 spiro atoms. The molecule has 215 valence electrons. The van der Waals surface area contributed by atoms with Crippen molar-refractivity contribution < 1.29 is 44.1 Å². The van der Waals surface area contributed by atoms with Crippen molar-refractivity contribution in [3.05, 3.63) is 29.8 Å². The predicted octanol–water partition coefficient (Wildman–Crippen LogP) is -2.15. The molecule has 4 amide bonds. The van der Waals surface area contributed by atoms with Crippen LogP contribution in [0.15, 0.2) is 24.3 Å². The number of hydrogen-bond acceptors (Lipinski definition) is 9. The van der Waals surface area contributed by atoms with E-state index in [0.717, 1.165) is 0 Å². The van der Waals surface area contributed by atoms with E-state index >= 15 is 0 Å². The second kappa shape index (κ2) is 16.7. The first-order valence-electron chi connectivity index (χ1n) is 12.3. The number of nitrogens with two attached hydrogens (primary N) is 1. The van der Waals surface area contributed by atoms with Gasteiger partial charge in [0, 0.05) is 12.8 Å². The predicted molar refractivity (Wildman–Crippen MR) is 138 cm³/mol. The van der Waals surface area contributed by atoms with Crippen molar-refractivity contribution in [3.8, 4) is 5.75 Å². The summed E-state index contributed by atoms with van der Waals surface area (Å²) in [6.45, 7) is 2.45. The van der Waals surface area contributed by atoms with Gasteiger partial charge in [0.2, 0.25) is 29.9 Å². The van der Waals surface area contributed by atoms with E-state index in [2.05, 4.69) is 21.3 Å². The van der Waals surface area contributed by atoms with Crippen molar-refractivity contribution in [2.45, 2.75) is 63.7 Å². The fourth-order valence-corrected chi connectivity index (χ4v) is 3.47. The van der Waals surface area contributed by atoms with E-state index in [-0.39, 0.29) is 30.9 Å². The Balaban J connectivity index is 3.15. The van der Waals surface area contributed by atoms with Crippen LogP contribution in [0.5, 0.6) is 5.75 Å². The Labute approximate surface area is 225 Å². The van der Waals surface area contributed by atoms with Crippen LogP contribution in [0, 0.1) is 5.92 Å². The molecular weight excluding hydrogens is 514 g/mol. The number of benzene rings is 1. The van der Waals surface area contributed by atoms with Crippen molar-refractivity contribution in [3.63, 3.8) is 0 Å². The van der Waals surface area contributed by atoms with E-state index in [4.69, 9.17) is 10.8 Å². The second-order valence-corrected chi connectivity index (χ2v) is 9.27. The van der Waals surface area contributed by atoms with Crippen LogP contribution in [0.2, 0.25) is 0 Å². The van der Waals surface area contributed by atoms with Gasteiger partial charge >= 0.3 is 5.97 Å². The van der Waals surface area contributed by atoms with E-state index in [1.54, 1.807) is 13.8 Å². The highest BCUT2D eigenvalue weighted by molar-refractivity contribution is 5.95. The van der Waals surface area contributed by atoms with Gasteiger partial charge in [-0.2, -0.15) is 0 Å². The van der Waals surface area contributed by atoms with Crippen LogP contribution < -0.4 is 27.0 Å². The molecule has 1 aromatic rings. The van der Waals surface area contributed by atoms with Gasteiger partial charge in [-0.05, 0) is 36.5 Å². The first-order valence-corrected chi connectivity index (χ1v) is 12.3. The molecule has 0 heterocycles. The molecule has 14 heteroatoms. The van der Waals surface area contributed by atoms with E-state index in [0.29, 0.717) is 5.56 Å². The number of amides is 4. The summed E-state index contributed by atoms with van der Waals surface area (Å²) in [6.07, 6.45) is 0.834. The van der Waals surface area contributed by atoms with Crippen molar-refractivity contribution >= 4 is 35.9 Å². The number of carbonyl (C=O) groups is 5. The lowest BCUT2D eigenvalue weighted by molar-refractivity contribution is -0.138. The van der Waals surface area contributed by atoms with Gasteiger partial charge in [0.05, 0.1) is 13.2 Å². The molecular formula is C25H36N5O9. The summed E-state index contributed by atoms with van der Waals surface area (Å²) >= 11 is 0. The SMILES string of the molecule is CC(C)C[C@H](NC(=O)[C@H](Cc1ccc(O)cc1)NC(=O)[C@@H](N)CO)C(=O)N[C@@H](CCC(=O)O)C(=O)NC[C]=O. The summed E-state index contributed by atoms with van der Waals surface area (Å²) in [5, 5.41) is 37.4. The third-order valence-corrected chi connectivity index (χ3v) is 5.50. The largest absolute Gasteiger partial charge is 0.508 e. The zero-order chi connectivity index (χ0) is 29.5. The minimum absolute atomic E-state index is 0.00715. The molecule has 0 unspecified atom stereocenters. The number of carboxylic acids is 1. The highest BCUT2D eigenvalue weighted by atomic mass is 16.4. The second-order valence-electron chi connectivity index (χ2n) is 9.27. The third kappa shape index (κ3) is 12.4. The molecule has 0 aromatic heterocycles. The van der Waals surface area contributed by atoms with Crippen LogP contribution in [0.4, 0.5) is 0 Å². The average Bonchev–Trinajstić information content (AvgIpc) is 2.88. The molecule has 0 saturated carbocycles. The minimum Gasteiger partial charge on any atom is -0.508 e. The van der Waals surface area contributed by atoms with Crippen LogP contribution in [0.3, 0.4) is 0 Å². The first kappa shape index (κ1) is 33.0. The van der Waals surface area contributed by atoms with Gasteiger partial charge < -0.3 is 42.3 Å². The van der Waals surface area contributed by atoms with Crippen LogP contribution in [-0.4, -0.2) is 88.5 Å². The number of aliphatic carboxylic acids is 1. The highest BCUT2D eigenvalue weighted by Crippen LogP contribution is 2.13. The number of carbonyl (C=O) groups excluding carboxylic acids is 5. The number of phenols is 1. The number of aliphatic hydroxyl groups excluding tert-OH is 1. The average molecular weight is 551 g/mol. The van der Waals surface area contributed by atoms with Gasteiger partial charge in [-0.1, -0.05) is 26.0 Å². The Bertz CT molecular complexity index is 1000. The quantitative estimate of drug-likeness (QED) is 0.105. The molecule has 39 heavy (non-hydrogen) atoms. The molecule has 1 aromatic carbocycles. The Morgan fingerprint density at radius 3 is 2.00 bits per heavy atom. The van der Waals surface area contributed by atoms with Crippen LogP contribution in [0.1, 0.15) is 38.7 Å². The molecule has 0 saturated heterocycles. The number of hydrogen-bond donors (Lipinski definition) is 8. The summed E-state index contributed by atoms with van der Waals surface area (Å²) in [5.41, 5.74) is 6.13. The molecule has 0 aliphatic rings. The highest BCUT2D eigenvalue weighted by Gasteiger charge is 2.31. The maximum Gasteiger partial charge on any atom is 0.303 e. The van der Waals surface area contributed by atoms with Crippen LogP contribution in [0.25, 0.3) is 0 Å². The number of carboxylic acid groups (broad SMARTS) is 1. The number of aliphatic hydroxyl groups is 1.